The number of fused-ring (bicyclic) bond motifs is 2. The minimum atomic E-state index is -0.879. The first-order chi connectivity index (χ1) is 24.1. The van der Waals surface area contributed by atoms with E-state index in [0.29, 0.717) is 19.3 Å². The van der Waals surface area contributed by atoms with E-state index in [-0.39, 0.29) is 0 Å². The van der Waals surface area contributed by atoms with E-state index >= 15 is 0 Å². The number of rotatable bonds is 10. The number of aromatic nitrogens is 2. The number of hydrogen-bond donors (Lipinski definition) is 1. The summed E-state index contributed by atoms with van der Waals surface area (Å²) in [5.74, 6) is 0.798. The highest BCUT2D eigenvalue weighted by molar-refractivity contribution is 5.96. The summed E-state index contributed by atoms with van der Waals surface area (Å²) in [5, 5.41) is 11.6. The molecule has 8 aromatic rings. The maximum Gasteiger partial charge on any atom is 0.327 e. The number of hydrogen-bond acceptors (Lipinski definition) is 3. The molecule has 0 aliphatic heterocycles. The van der Waals surface area contributed by atoms with Crippen LogP contribution in [0.5, 0.6) is 0 Å². The second-order valence-corrected chi connectivity index (χ2v) is 12.4. The van der Waals surface area contributed by atoms with Crippen molar-refractivity contribution in [2.75, 3.05) is 0 Å². The zero-order valence-corrected chi connectivity index (χ0v) is 26.9. The van der Waals surface area contributed by atoms with Gasteiger partial charge in [0.25, 0.3) is 0 Å². The van der Waals surface area contributed by atoms with E-state index < -0.39 is 12.0 Å². The summed E-state index contributed by atoms with van der Waals surface area (Å²) < 4.78 is 8.32. The van der Waals surface area contributed by atoms with Gasteiger partial charge in [0, 0.05) is 30.2 Å². The largest absolute Gasteiger partial charge is 0.480 e. The number of aliphatic carboxylic acids is 1. The van der Waals surface area contributed by atoms with Gasteiger partial charge >= 0.3 is 5.97 Å². The summed E-state index contributed by atoms with van der Waals surface area (Å²) in [6.07, 6.45) is 1.60. The summed E-state index contributed by atoms with van der Waals surface area (Å²) in [6.45, 7) is 0. The summed E-state index contributed by atoms with van der Waals surface area (Å²) in [5.41, 5.74) is 10.0. The molecule has 238 valence electrons. The van der Waals surface area contributed by atoms with Gasteiger partial charge in [0.15, 0.2) is 0 Å². The lowest BCUT2D eigenvalue weighted by Gasteiger charge is -2.18. The zero-order chi connectivity index (χ0) is 33.2. The van der Waals surface area contributed by atoms with Crippen molar-refractivity contribution in [2.45, 2.75) is 25.3 Å². The number of furan rings is 1. The van der Waals surface area contributed by atoms with Crippen LogP contribution < -0.4 is 0 Å². The first-order valence-corrected chi connectivity index (χ1v) is 16.6. The third kappa shape index (κ3) is 6.15. The number of nitrogens with zero attached hydrogens (tertiary/aromatic N) is 2. The molecule has 5 nitrogen and oxygen atoms in total. The molecule has 2 heterocycles. The van der Waals surface area contributed by atoms with Crippen LogP contribution in [0.15, 0.2) is 162 Å². The van der Waals surface area contributed by atoms with Crippen molar-refractivity contribution in [3.63, 3.8) is 0 Å². The maximum atomic E-state index is 12.8. The molecule has 0 radical (unpaired) electrons. The fourth-order valence-corrected chi connectivity index (χ4v) is 6.85. The molecule has 0 saturated heterocycles. The molecule has 49 heavy (non-hydrogen) atoms. The van der Waals surface area contributed by atoms with Crippen molar-refractivity contribution < 1.29 is 14.3 Å². The third-order valence-electron chi connectivity index (χ3n) is 9.22. The van der Waals surface area contributed by atoms with Crippen LogP contribution in [0.1, 0.15) is 34.3 Å². The van der Waals surface area contributed by atoms with E-state index in [4.69, 9.17) is 9.40 Å². The Balaban J connectivity index is 1.17. The maximum absolute atomic E-state index is 12.8. The van der Waals surface area contributed by atoms with Crippen molar-refractivity contribution in [3.8, 4) is 22.3 Å². The molecule has 0 saturated carbocycles. The Kier molecular flexibility index (Phi) is 8.08. The Morgan fingerprint density at radius 3 is 1.88 bits per heavy atom. The molecule has 0 aliphatic carbocycles. The summed E-state index contributed by atoms with van der Waals surface area (Å²) in [4.78, 5) is 17.9. The van der Waals surface area contributed by atoms with Gasteiger partial charge in [-0.3, -0.25) is 0 Å². The van der Waals surface area contributed by atoms with E-state index in [1.807, 2.05) is 77.4 Å². The Bertz CT molecular complexity index is 2380. The van der Waals surface area contributed by atoms with Crippen molar-refractivity contribution >= 4 is 28.0 Å². The van der Waals surface area contributed by atoms with Crippen LogP contribution in [0.2, 0.25) is 0 Å². The van der Waals surface area contributed by atoms with Gasteiger partial charge in [-0.2, -0.15) is 0 Å². The highest BCUT2D eigenvalue weighted by atomic mass is 16.4. The topological polar surface area (TPSA) is 68.3 Å². The van der Waals surface area contributed by atoms with Crippen molar-refractivity contribution in [3.05, 3.63) is 186 Å². The van der Waals surface area contributed by atoms with E-state index in [9.17, 15) is 9.90 Å². The van der Waals surface area contributed by atoms with Crippen LogP contribution in [0.3, 0.4) is 0 Å². The van der Waals surface area contributed by atoms with Gasteiger partial charge < -0.3 is 14.1 Å². The van der Waals surface area contributed by atoms with E-state index in [1.54, 1.807) is 0 Å². The molecule has 0 amide bonds. The molecule has 0 aliphatic rings. The van der Waals surface area contributed by atoms with Crippen molar-refractivity contribution in [2.24, 2.45) is 0 Å². The standard InChI is InChI=1S/C44H34N2O3/c47-44(48)39(26-30-12-4-1-5-13-30)46-38-25-24-35(29-37(38)45-42(46)28-32-16-8-3-9-17-32)33-20-22-34(23-21-33)43-36-18-10-11-19-40(36)49-41(43)27-31-14-6-2-7-15-31/h1-25,29,39H,26-28H2,(H,47,48). The van der Waals surface area contributed by atoms with Gasteiger partial charge in [0.1, 0.15) is 23.2 Å². The molecule has 0 spiro atoms. The SMILES string of the molecule is O=C(O)C(Cc1ccccc1)n1c(Cc2ccccc2)nc2cc(-c3ccc(-c4c(Cc5ccccc5)oc5ccccc45)cc3)ccc21. The third-order valence-corrected chi connectivity index (χ3v) is 9.22. The fraction of sp³-hybridized carbons (Fsp3) is 0.0909. The number of carbonyl (C=O) groups is 1. The second-order valence-electron chi connectivity index (χ2n) is 12.4. The number of carboxylic acid groups (broad SMARTS) is 1. The molecule has 0 bridgehead atoms. The van der Waals surface area contributed by atoms with Gasteiger partial charge in [-0.05, 0) is 51.6 Å². The summed E-state index contributed by atoms with van der Waals surface area (Å²) in [6, 6.07) is 52.4. The predicted octanol–water partition coefficient (Wildman–Crippen LogP) is 10.2. The van der Waals surface area contributed by atoms with Crippen LogP contribution in [-0.2, 0) is 24.1 Å². The number of benzene rings is 6. The van der Waals surface area contributed by atoms with Gasteiger partial charge in [0.2, 0.25) is 0 Å². The van der Waals surface area contributed by atoms with Crippen LogP contribution >= 0.6 is 0 Å². The molecule has 1 atom stereocenters. The number of imidazole rings is 1. The van der Waals surface area contributed by atoms with E-state index in [0.717, 1.165) is 67.0 Å². The predicted molar refractivity (Wildman–Crippen MR) is 196 cm³/mol. The van der Waals surface area contributed by atoms with Gasteiger partial charge in [-0.25, -0.2) is 9.78 Å². The minimum Gasteiger partial charge on any atom is -0.480 e. The Morgan fingerprint density at radius 2 is 1.20 bits per heavy atom. The molecule has 1 N–H and O–H groups in total. The van der Waals surface area contributed by atoms with Crippen LogP contribution in [0.4, 0.5) is 0 Å². The Hall–Kier alpha value is -6.20. The molecule has 5 heteroatoms. The second kappa shape index (κ2) is 13.1. The molecule has 8 rings (SSSR count). The van der Waals surface area contributed by atoms with E-state index in [1.165, 1.54) is 5.56 Å². The molecule has 1 unspecified atom stereocenters. The van der Waals surface area contributed by atoms with Crippen molar-refractivity contribution in [1.29, 1.82) is 0 Å². The molecular formula is C44H34N2O3. The lowest BCUT2D eigenvalue weighted by Crippen LogP contribution is -2.23. The quantitative estimate of drug-likeness (QED) is 0.162. The van der Waals surface area contributed by atoms with Gasteiger partial charge in [-0.15, -0.1) is 0 Å². The zero-order valence-electron chi connectivity index (χ0n) is 26.9. The smallest absolute Gasteiger partial charge is 0.327 e. The average molecular weight is 639 g/mol. The summed E-state index contributed by atoms with van der Waals surface area (Å²) in [7, 11) is 0. The van der Waals surface area contributed by atoms with Crippen molar-refractivity contribution in [1.82, 2.24) is 9.55 Å². The average Bonchev–Trinajstić information content (AvgIpc) is 3.68. The van der Waals surface area contributed by atoms with Crippen LogP contribution in [0, 0.1) is 0 Å². The first kappa shape index (κ1) is 30.2. The fourth-order valence-electron chi connectivity index (χ4n) is 6.85. The first-order valence-electron chi connectivity index (χ1n) is 16.6. The highest BCUT2D eigenvalue weighted by Gasteiger charge is 2.26. The molecular weight excluding hydrogens is 604 g/mol. The minimum absolute atomic E-state index is 0.363. The Morgan fingerprint density at radius 1 is 0.633 bits per heavy atom. The molecule has 0 fully saturated rings. The number of para-hydroxylation sites is 1. The number of carboxylic acids is 1. The summed E-state index contributed by atoms with van der Waals surface area (Å²) >= 11 is 0. The molecule has 6 aromatic carbocycles. The van der Waals surface area contributed by atoms with Gasteiger partial charge in [0.05, 0.1) is 11.0 Å². The van der Waals surface area contributed by atoms with E-state index in [2.05, 4.69) is 84.9 Å². The monoisotopic (exact) mass is 638 g/mol. The van der Waals surface area contributed by atoms with Gasteiger partial charge in [-0.1, -0.05) is 140 Å². The van der Waals surface area contributed by atoms with Crippen LogP contribution in [0.25, 0.3) is 44.3 Å². The highest BCUT2D eigenvalue weighted by Crippen LogP contribution is 2.37. The van der Waals surface area contributed by atoms with Crippen LogP contribution in [-0.4, -0.2) is 20.6 Å². The Labute approximate surface area is 284 Å². The molecule has 2 aromatic heterocycles. The lowest BCUT2D eigenvalue weighted by molar-refractivity contribution is -0.140. The normalized spacial score (nSPS) is 12.0. The lowest BCUT2D eigenvalue weighted by atomic mass is 9.96.